The van der Waals surface area contributed by atoms with Crippen LogP contribution in [-0.2, 0) is 5.75 Å². The molecule has 0 saturated carbocycles. The fourth-order valence-corrected chi connectivity index (χ4v) is 4.57. The van der Waals surface area contributed by atoms with Gasteiger partial charge in [-0.1, -0.05) is 77.5 Å². The van der Waals surface area contributed by atoms with Crippen molar-refractivity contribution in [3.8, 4) is 5.69 Å². The third-order valence-electron chi connectivity index (χ3n) is 5.33. The van der Waals surface area contributed by atoms with E-state index in [0.717, 1.165) is 33.4 Å². The van der Waals surface area contributed by atoms with Gasteiger partial charge in [-0.05, 0) is 56.2 Å². The van der Waals surface area contributed by atoms with Gasteiger partial charge in [0, 0.05) is 16.5 Å². The van der Waals surface area contributed by atoms with Crippen LogP contribution in [0.25, 0.3) is 5.69 Å². The molecule has 2 amide bonds. The lowest BCUT2D eigenvalue weighted by Crippen LogP contribution is -2.32. The van der Waals surface area contributed by atoms with Crippen LogP contribution in [0, 0.1) is 13.8 Å². The zero-order valence-corrected chi connectivity index (χ0v) is 20.8. The Bertz CT molecular complexity index is 1270. The Kier molecular flexibility index (Phi) is 7.55. The summed E-state index contributed by atoms with van der Waals surface area (Å²) in [5.74, 6) is 1.37. The van der Waals surface area contributed by atoms with E-state index in [1.165, 1.54) is 5.56 Å². The van der Waals surface area contributed by atoms with E-state index in [0.29, 0.717) is 10.8 Å². The first-order valence-electron chi connectivity index (χ1n) is 10.9. The van der Waals surface area contributed by atoms with Gasteiger partial charge in [-0.2, -0.15) is 0 Å². The largest absolute Gasteiger partial charge is 0.328 e. The van der Waals surface area contributed by atoms with Crippen molar-refractivity contribution in [2.45, 2.75) is 37.7 Å². The maximum absolute atomic E-state index is 12.7. The van der Waals surface area contributed by atoms with Crippen molar-refractivity contribution < 1.29 is 4.79 Å². The van der Waals surface area contributed by atoms with Crippen LogP contribution in [0.3, 0.4) is 0 Å². The number of nitrogens with one attached hydrogen (secondary N) is 2. The molecule has 0 bridgehead atoms. The summed E-state index contributed by atoms with van der Waals surface area (Å²) < 4.78 is 1.98. The van der Waals surface area contributed by atoms with Gasteiger partial charge in [0.2, 0.25) is 0 Å². The number of halogens is 1. The zero-order valence-electron chi connectivity index (χ0n) is 19.2. The topological polar surface area (TPSA) is 71.8 Å². The lowest BCUT2D eigenvalue weighted by atomic mass is 10.2. The van der Waals surface area contributed by atoms with Crippen molar-refractivity contribution in [2.24, 2.45) is 0 Å². The molecule has 0 aliphatic carbocycles. The Labute approximate surface area is 208 Å². The molecule has 0 aliphatic rings. The average molecular weight is 492 g/mol. The van der Waals surface area contributed by atoms with E-state index in [1.807, 2.05) is 86.0 Å². The maximum atomic E-state index is 12.7. The summed E-state index contributed by atoms with van der Waals surface area (Å²) in [4.78, 5) is 12.7. The van der Waals surface area contributed by atoms with Gasteiger partial charge < -0.3 is 10.6 Å². The monoisotopic (exact) mass is 491 g/mol. The van der Waals surface area contributed by atoms with Crippen LogP contribution in [0.4, 0.5) is 10.5 Å². The quantitative estimate of drug-likeness (QED) is 0.282. The number of benzene rings is 3. The van der Waals surface area contributed by atoms with E-state index in [4.69, 9.17) is 11.6 Å². The van der Waals surface area contributed by atoms with Crippen molar-refractivity contribution in [2.75, 3.05) is 5.32 Å². The van der Waals surface area contributed by atoms with Crippen LogP contribution in [-0.4, -0.2) is 20.8 Å². The molecule has 0 saturated heterocycles. The van der Waals surface area contributed by atoms with Gasteiger partial charge >= 0.3 is 6.03 Å². The molecule has 3 aromatic carbocycles. The summed E-state index contributed by atoms with van der Waals surface area (Å²) in [6.07, 6.45) is 0. The Morgan fingerprint density at radius 3 is 2.50 bits per heavy atom. The highest BCUT2D eigenvalue weighted by atomic mass is 35.5. The minimum Gasteiger partial charge on any atom is -0.328 e. The number of nitrogens with zero attached hydrogens (tertiary/aromatic N) is 3. The van der Waals surface area contributed by atoms with E-state index in [9.17, 15) is 4.79 Å². The average Bonchev–Trinajstić information content (AvgIpc) is 3.25. The molecule has 0 spiro atoms. The van der Waals surface area contributed by atoms with Crippen molar-refractivity contribution >= 4 is 35.1 Å². The van der Waals surface area contributed by atoms with Crippen LogP contribution in [0.1, 0.15) is 35.5 Å². The summed E-state index contributed by atoms with van der Waals surface area (Å²) in [7, 11) is 0. The maximum Gasteiger partial charge on any atom is 0.319 e. The molecule has 1 atom stereocenters. The number of anilines is 1. The molecular formula is C26H26ClN5OS. The number of thioether (sulfide) groups is 1. The van der Waals surface area contributed by atoms with Gasteiger partial charge in [0.15, 0.2) is 11.0 Å². The molecule has 2 N–H and O–H groups in total. The number of carbonyl (C=O) groups is 1. The zero-order chi connectivity index (χ0) is 24.1. The number of aromatic nitrogens is 3. The fourth-order valence-electron chi connectivity index (χ4n) is 3.49. The summed E-state index contributed by atoms with van der Waals surface area (Å²) in [5.41, 5.74) is 4.96. The molecule has 8 heteroatoms. The first-order chi connectivity index (χ1) is 16.4. The highest BCUT2D eigenvalue weighted by Gasteiger charge is 2.22. The first kappa shape index (κ1) is 23.9. The van der Waals surface area contributed by atoms with Gasteiger partial charge in [0.1, 0.15) is 0 Å². The smallest absolute Gasteiger partial charge is 0.319 e. The van der Waals surface area contributed by atoms with Crippen molar-refractivity contribution in [3.05, 3.63) is 100 Å². The van der Waals surface area contributed by atoms with Gasteiger partial charge in [-0.15, -0.1) is 10.2 Å². The van der Waals surface area contributed by atoms with Crippen molar-refractivity contribution in [1.82, 2.24) is 20.1 Å². The van der Waals surface area contributed by atoms with Gasteiger partial charge in [0.25, 0.3) is 0 Å². The minimum atomic E-state index is -0.401. The number of hydrogen-bond donors (Lipinski definition) is 2. The van der Waals surface area contributed by atoms with E-state index < -0.39 is 6.04 Å². The van der Waals surface area contributed by atoms with Crippen LogP contribution in [0.15, 0.2) is 78.0 Å². The second kappa shape index (κ2) is 10.8. The molecule has 34 heavy (non-hydrogen) atoms. The third-order valence-corrected chi connectivity index (χ3v) is 6.56. The van der Waals surface area contributed by atoms with E-state index >= 15 is 0 Å². The molecule has 1 unspecified atom stereocenters. The number of rotatable bonds is 7. The molecule has 1 aromatic heterocycles. The molecule has 4 rings (SSSR count). The van der Waals surface area contributed by atoms with Crippen LogP contribution < -0.4 is 10.6 Å². The molecule has 174 valence electrons. The SMILES string of the molecule is Cc1ccc(NC(=O)NC(C)c2nnc(SCc3ccccc3)n2-c2cc(Cl)ccc2C)cc1. The van der Waals surface area contributed by atoms with Crippen molar-refractivity contribution in [3.63, 3.8) is 0 Å². The summed E-state index contributed by atoms with van der Waals surface area (Å²) >= 11 is 7.92. The molecule has 0 aliphatic heterocycles. The van der Waals surface area contributed by atoms with E-state index in [-0.39, 0.29) is 6.03 Å². The molecular weight excluding hydrogens is 466 g/mol. The van der Waals surface area contributed by atoms with E-state index in [2.05, 4.69) is 33.0 Å². The minimum absolute atomic E-state index is 0.313. The van der Waals surface area contributed by atoms with Gasteiger partial charge in [-0.3, -0.25) is 4.57 Å². The Morgan fingerprint density at radius 1 is 1.03 bits per heavy atom. The summed E-state index contributed by atoms with van der Waals surface area (Å²) in [5, 5.41) is 16.1. The van der Waals surface area contributed by atoms with Crippen LogP contribution >= 0.6 is 23.4 Å². The standard InChI is InChI=1S/C26H26ClN5OS/c1-17-9-13-22(14-10-17)29-25(33)28-19(3)24-30-31-26(34-16-20-7-5-4-6-8-20)32(24)23-15-21(27)12-11-18(23)2/h4-15,19H,16H2,1-3H3,(H2,28,29,33). The second-order valence-electron chi connectivity index (χ2n) is 8.07. The van der Waals surface area contributed by atoms with Crippen molar-refractivity contribution in [1.29, 1.82) is 0 Å². The Morgan fingerprint density at radius 2 is 1.76 bits per heavy atom. The molecule has 4 aromatic rings. The fraction of sp³-hybridized carbons (Fsp3) is 0.192. The Hall–Kier alpha value is -3.29. The highest BCUT2D eigenvalue weighted by molar-refractivity contribution is 7.98. The lowest BCUT2D eigenvalue weighted by Gasteiger charge is -2.18. The predicted octanol–water partition coefficient (Wildman–Crippen LogP) is 6.71. The summed E-state index contributed by atoms with van der Waals surface area (Å²) in [6.45, 7) is 5.91. The molecule has 6 nitrogen and oxygen atoms in total. The second-order valence-corrected chi connectivity index (χ2v) is 9.45. The van der Waals surface area contributed by atoms with Gasteiger partial charge in [0.05, 0.1) is 11.7 Å². The normalized spacial score (nSPS) is 11.8. The van der Waals surface area contributed by atoms with Gasteiger partial charge in [-0.25, -0.2) is 4.79 Å². The number of aryl methyl sites for hydroxylation is 2. The number of carbonyl (C=O) groups excluding carboxylic acids is 1. The Balaban J connectivity index is 1.60. The van der Waals surface area contributed by atoms with Crippen LogP contribution in [0.2, 0.25) is 5.02 Å². The predicted molar refractivity (Wildman–Crippen MR) is 139 cm³/mol. The van der Waals surface area contributed by atoms with Crippen LogP contribution in [0.5, 0.6) is 0 Å². The lowest BCUT2D eigenvalue weighted by molar-refractivity contribution is 0.249. The first-order valence-corrected chi connectivity index (χ1v) is 12.3. The summed E-state index contributed by atoms with van der Waals surface area (Å²) in [6, 6.07) is 22.9. The highest BCUT2D eigenvalue weighted by Crippen LogP contribution is 2.30. The third kappa shape index (κ3) is 5.79. The molecule has 0 radical (unpaired) electrons. The molecule has 1 heterocycles. The number of amides is 2. The van der Waals surface area contributed by atoms with E-state index in [1.54, 1.807) is 11.8 Å². The molecule has 0 fully saturated rings. The number of urea groups is 1. The number of hydrogen-bond acceptors (Lipinski definition) is 4.